The number of hydrogen-bond donors (Lipinski definition) is 1. The van der Waals surface area contributed by atoms with Crippen LogP contribution in [0.4, 0.5) is 0 Å². The largest absolute Gasteiger partial charge is 0.467 e. The minimum atomic E-state index is -0.183. The van der Waals surface area contributed by atoms with Crippen molar-refractivity contribution in [3.8, 4) is 11.1 Å². The van der Waals surface area contributed by atoms with Crippen LogP contribution in [0.25, 0.3) is 11.1 Å². The van der Waals surface area contributed by atoms with E-state index in [9.17, 15) is 4.79 Å². The molecule has 0 unspecified atom stereocenters. The predicted molar refractivity (Wildman–Crippen MR) is 87.3 cm³/mol. The van der Waals surface area contributed by atoms with Crippen LogP contribution in [0.3, 0.4) is 0 Å². The minimum absolute atomic E-state index is 0.183. The van der Waals surface area contributed by atoms with Gasteiger partial charge in [0.2, 0.25) is 0 Å². The summed E-state index contributed by atoms with van der Waals surface area (Å²) in [6.45, 7) is 0.352. The molecule has 0 atom stereocenters. The lowest BCUT2D eigenvalue weighted by molar-refractivity contribution is 0.0947. The van der Waals surface area contributed by atoms with Crippen LogP contribution >= 0.6 is 15.9 Å². The van der Waals surface area contributed by atoms with Crippen LogP contribution in [0.5, 0.6) is 0 Å². The molecular weight excluding hydrogens is 344 g/mol. The summed E-state index contributed by atoms with van der Waals surface area (Å²) in [5.41, 5.74) is 2.40. The number of nitrogens with zero attached hydrogens (tertiary/aromatic N) is 1. The van der Waals surface area contributed by atoms with Crippen LogP contribution < -0.4 is 5.32 Å². The Morgan fingerprint density at radius 1 is 1.18 bits per heavy atom. The smallest absolute Gasteiger partial charge is 0.253 e. The molecule has 0 aliphatic carbocycles. The molecule has 3 rings (SSSR count). The molecule has 3 aromatic rings. The monoisotopic (exact) mass is 356 g/mol. The number of halogens is 1. The van der Waals surface area contributed by atoms with Crippen LogP contribution in [0.1, 0.15) is 16.1 Å². The average Bonchev–Trinajstić information content (AvgIpc) is 3.06. The fourth-order valence-electron chi connectivity index (χ4n) is 2.09. The van der Waals surface area contributed by atoms with Crippen molar-refractivity contribution >= 4 is 21.8 Å². The second-order valence-electron chi connectivity index (χ2n) is 4.70. The molecule has 0 fully saturated rings. The number of benzene rings is 1. The second-order valence-corrected chi connectivity index (χ2v) is 5.56. The Labute approximate surface area is 136 Å². The molecular formula is C17H13BrN2O2. The van der Waals surface area contributed by atoms with Gasteiger partial charge in [0.1, 0.15) is 5.76 Å². The van der Waals surface area contributed by atoms with E-state index in [0.717, 1.165) is 15.6 Å². The van der Waals surface area contributed by atoms with Crippen molar-refractivity contribution in [2.75, 3.05) is 0 Å². The van der Waals surface area contributed by atoms with Gasteiger partial charge in [0.25, 0.3) is 5.91 Å². The highest BCUT2D eigenvalue weighted by Crippen LogP contribution is 2.27. The maximum atomic E-state index is 12.2. The topological polar surface area (TPSA) is 55.1 Å². The summed E-state index contributed by atoms with van der Waals surface area (Å²) in [5, 5.41) is 2.81. The second kappa shape index (κ2) is 6.58. The van der Waals surface area contributed by atoms with Gasteiger partial charge in [-0.25, -0.2) is 0 Å². The van der Waals surface area contributed by atoms with Crippen molar-refractivity contribution in [1.29, 1.82) is 0 Å². The summed E-state index contributed by atoms with van der Waals surface area (Å²) in [6.07, 6.45) is 4.87. The summed E-state index contributed by atoms with van der Waals surface area (Å²) in [7, 11) is 0. The molecule has 1 aromatic carbocycles. The van der Waals surface area contributed by atoms with Crippen molar-refractivity contribution in [1.82, 2.24) is 10.3 Å². The molecule has 1 amide bonds. The highest BCUT2D eigenvalue weighted by Gasteiger charge is 2.09. The van der Waals surface area contributed by atoms with Gasteiger partial charge < -0.3 is 9.73 Å². The fraction of sp³-hybridized carbons (Fsp3) is 0.0588. The number of furan rings is 1. The van der Waals surface area contributed by atoms with E-state index in [-0.39, 0.29) is 5.91 Å². The molecule has 0 saturated heterocycles. The summed E-state index contributed by atoms with van der Waals surface area (Å²) in [4.78, 5) is 16.4. The third-order valence-electron chi connectivity index (χ3n) is 3.19. The molecule has 1 N–H and O–H groups in total. The Balaban J connectivity index is 1.79. The normalized spacial score (nSPS) is 10.4. The quantitative estimate of drug-likeness (QED) is 0.767. The number of rotatable bonds is 4. The molecule has 2 aromatic heterocycles. The van der Waals surface area contributed by atoms with Crippen LogP contribution in [0, 0.1) is 0 Å². The minimum Gasteiger partial charge on any atom is -0.467 e. The fourth-order valence-corrected chi connectivity index (χ4v) is 2.60. The first-order valence-corrected chi connectivity index (χ1v) is 7.54. The third kappa shape index (κ3) is 3.26. The van der Waals surface area contributed by atoms with Gasteiger partial charge in [0, 0.05) is 22.4 Å². The third-order valence-corrected chi connectivity index (χ3v) is 3.88. The van der Waals surface area contributed by atoms with Crippen molar-refractivity contribution in [3.05, 3.63) is 76.9 Å². The number of pyridine rings is 1. The summed E-state index contributed by atoms with van der Waals surface area (Å²) < 4.78 is 6.15. The highest BCUT2D eigenvalue weighted by molar-refractivity contribution is 9.10. The summed E-state index contributed by atoms with van der Waals surface area (Å²) in [5.74, 6) is 0.529. The molecule has 110 valence electrons. The molecule has 22 heavy (non-hydrogen) atoms. The molecule has 0 aliphatic rings. The van der Waals surface area contributed by atoms with E-state index in [1.807, 2.05) is 36.4 Å². The first-order valence-electron chi connectivity index (χ1n) is 6.74. The van der Waals surface area contributed by atoms with Crippen LogP contribution in [0.2, 0.25) is 0 Å². The number of amides is 1. The standard InChI is InChI=1S/C17H13BrN2O2/c18-16-6-2-1-5-15(16)12-8-13(10-19-9-12)17(21)20-11-14-4-3-7-22-14/h1-10H,11H2,(H,20,21). The Morgan fingerprint density at radius 2 is 2.05 bits per heavy atom. The van der Waals surface area contributed by atoms with Gasteiger partial charge in [-0.2, -0.15) is 0 Å². The molecule has 4 nitrogen and oxygen atoms in total. The Kier molecular flexibility index (Phi) is 4.34. The zero-order chi connectivity index (χ0) is 15.4. The average molecular weight is 357 g/mol. The number of hydrogen-bond acceptors (Lipinski definition) is 3. The van der Waals surface area contributed by atoms with Gasteiger partial charge in [-0.1, -0.05) is 34.1 Å². The van der Waals surface area contributed by atoms with Crippen molar-refractivity contribution in [3.63, 3.8) is 0 Å². The molecule has 0 radical (unpaired) electrons. The summed E-state index contributed by atoms with van der Waals surface area (Å²) in [6, 6.07) is 13.3. The molecule has 0 spiro atoms. The van der Waals surface area contributed by atoms with Crippen LogP contribution in [-0.4, -0.2) is 10.9 Å². The number of carbonyl (C=O) groups excluding carboxylic acids is 1. The molecule has 0 saturated carbocycles. The van der Waals surface area contributed by atoms with Crippen molar-refractivity contribution in [2.45, 2.75) is 6.54 Å². The lowest BCUT2D eigenvalue weighted by Gasteiger charge is -2.07. The van der Waals surface area contributed by atoms with E-state index >= 15 is 0 Å². The van der Waals surface area contributed by atoms with Gasteiger partial charge in [-0.3, -0.25) is 9.78 Å². The molecule has 5 heteroatoms. The van der Waals surface area contributed by atoms with E-state index in [1.165, 1.54) is 0 Å². The van der Waals surface area contributed by atoms with Gasteiger partial charge in [-0.05, 0) is 29.8 Å². The predicted octanol–water partition coefficient (Wildman–Crippen LogP) is 4.03. The highest BCUT2D eigenvalue weighted by atomic mass is 79.9. The van der Waals surface area contributed by atoms with E-state index in [1.54, 1.807) is 24.7 Å². The lowest BCUT2D eigenvalue weighted by Crippen LogP contribution is -2.22. The maximum absolute atomic E-state index is 12.2. The first-order chi connectivity index (χ1) is 10.7. The Hall–Kier alpha value is -2.40. The molecule has 0 bridgehead atoms. The number of nitrogens with one attached hydrogen (secondary N) is 1. The zero-order valence-corrected chi connectivity index (χ0v) is 13.2. The van der Waals surface area contributed by atoms with E-state index in [2.05, 4.69) is 26.2 Å². The molecule has 2 heterocycles. The van der Waals surface area contributed by atoms with Gasteiger partial charge in [-0.15, -0.1) is 0 Å². The Morgan fingerprint density at radius 3 is 2.82 bits per heavy atom. The zero-order valence-electron chi connectivity index (χ0n) is 11.6. The summed E-state index contributed by atoms with van der Waals surface area (Å²) >= 11 is 3.51. The van der Waals surface area contributed by atoms with Gasteiger partial charge >= 0.3 is 0 Å². The van der Waals surface area contributed by atoms with E-state index in [4.69, 9.17) is 4.42 Å². The number of aromatic nitrogens is 1. The first kappa shape index (κ1) is 14.5. The Bertz CT molecular complexity index is 785. The SMILES string of the molecule is O=C(NCc1ccco1)c1cncc(-c2ccccc2Br)c1. The maximum Gasteiger partial charge on any atom is 0.253 e. The van der Waals surface area contributed by atoms with Crippen LogP contribution in [-0.2, 0) is 6.54 Å². The molecule has 0 aliphatic heterocycles. The number of carbonyl (C=O) groups is 1. The van der Waals surface area contributed by atoms with E-state index < -0.39 is 0 Å². The van der Waals surface area contributed by atoms with E-state index in [0.29, 0.717) is 17.9 Å². The van der Waals surface area contributed by atoms with Gasteiger partial charge in [0.15, 0.2) is 0 Å². The lowest BCUT2D eigenvalue weighted by atomic mass is 10.1. The van der Waals surface area contributed by atoms with Crippen molar-refractivity contribution < 1.29 is 9.21 Å². The van der Waals surface area contributed by atoms with Gasteiger partial charge in [0.05, 0.1) is 18.4 Å². The van der Waals surface area contributed by atoms with Crippen molar-refractivity contribution in [2.24, 2.45) is 0 Å². The van der Waals surface area contributed by atoms with Crippen LogP contribution in [0.15, 0.2) is 70.0 Å².